The Bertz CT molecular complexity index is 674. The second-order valence-corrected chi connectivity index (χ2v) is 4.93. The molecular formula is C17H22N4O3. The monoisotopic (exact) mass is 330 g/mol. The van der Waals surface area contributed by atoms with Crippen molar-refractivity contribution in [3.63, 3.8) is 0 Å². The minimum Gasteiger partial charge on any atom is -0.491 e. The molecule has 0 unspecified atom stereocenters. The van der Waals surface area contributed by atoms with E-state index in [0.29, 0.717) is 32.1 Å². The highest BCUT2D eigenvalue weighted by atomic mass is 16.5. The van der Waals surface area contributed by atoms with Crippen molar-refractivity contribution in [2.75, 3.05) is 32.1 Å². The standard InChI is InChI=1S/C17H22N4O3/c1-3-19-16(22)15-11-14(20-17(18)21-15)12-5-7-13(8-6-12)24-10-9-23-4-2/h5-8,11H,3-4,9-10H2,1-2H3,(H,19,22)(H2,18,20,21). The molecule has 1 aromatic heterocycles. The van der Waals surface area contributed by atoms with E-state index in [0.717, 1.165) is 11.3 Å². The summed E-state index contributed by atoms with van der Waals surface area (Å²) in [7, 11) is 0. The van der Waals surface area contributed by atoms with Crippen molar-refractivity contribution in [1.82, 2.24) is 15.3 Å². The quantitative estimate of drug-likeness (QED) is 0.717. The highest BCUT2D eigenvalue weighted by Gasteiger charge is 2.11. The van der Waals surface area contributed by atoms with Crippen LogP contribution in [0.1, 0.15) is 24.3 Å². The number of hydrogen-bond acceptors (Lipinski definition) is 6. The molecule has 1 heterocycles. The molecule has 0 saturated carbocycles. The predicted octanol–water partition coefficient (Wildman–Crippen LogP) is 1.89. The van der Waals surface area contributed by atoms with Crippen LogP contribution in [0.15, 0.2) is 30.3 Å². The van der Waals surface area contributed by atoms with Gasteiger partial charge in [0, 0.05) is 18.7 Å². The van der Waals surface area contributed by atoms with Crippen molar-refractivity contribution in [3.8, 4) is 17.0 Å². The Morgan fingerprint density at radius 1 is 1.17 bits per heavy atom. The number of carbonyl (C=O) groups excluding carboxylic acids is 1. The van der Waals surface area contributed by atoms with Crippen molar-refractivity contribution >= 4 is 11.9 Å². The summed E-state index contributed by atoms with van der Waals surface area (Å²) in [5, 5.41) is 2.69. The van der Waals surface area contributed by atoms with E-state index in [1.165, 1.54) is 0 Å². The van der Waals surface area contributed by atoms with Gasteiger partial charge in [0.1, 0.15) is 18.1 Å². The number of amides is 1. The zero-order chi connectivity index (χ0) is 17.4. The fourth-order valence-electron chi connectivity index (χ4n) is 2.07. The van der Waals surface area contributed by atoms with Crippen molar-refractivity contribution in [2.24, 2.45) is 0 Å². The highest BCUT2D eigenvalue weighted by molar-refractivity contribution is 5.93. The second-order valence-electron chi connectivity index (χ2n) is 4.93. The largest absolute Gasteiger partial charge is 0.491 e. The SMILES string of the molecule is CCNC(=O)c1cc(-c2ccc(OCCOCC)cc2)nc(N)n1. The van der Waals surface area contributed by atoms with Gasteiger partial charge in [-0.25, -0.2) is 9.97 Å². The minimum absolute atomic E-state index is 0.0609. The summed E-state index contributed by atoms with van der Waals surface area (Å²) < 4.78 is 10.8. The first-order valence-electron chi connectivity index (χ1n) is 7.87. The molecule has 0 radical (unpaired) electrons. The summed E-state index contributed by atoms with van der Waals surface area (Å²) in [4.78, 5) is 20.1. The molecule has 7 nitrogen and oxygen atoms in total. The Morgan fingerprint density at radius 3 is 2.58 bits per heavy atom. The zero-order valence-electron chi connectivity index (χ0n) is 13.9. The molecule has 24 heavy (non-hydrogen) atoms. The van der Waals surface area contributed by atoms with Gasteiger partial charge in [-0.3, -0.25) is 4.79 Å². The lowest BCUT2D eigenvalue weighted by Gasteiger charge is -2.08. The van der Waals surface area contributed by atoms with E-state index in [9.17, 15) is 4.79 Å². The number of carbonyl (C=O) groups is 1. The lowest BCUT2D eigenvalue weighted by atomic mass is 10.1. The molecule has 0 spiro atoms. The number of ether oxygens (including phenoxy) is 2. The van der Waals surface area contributed by atoms with Crippen LogP contribution >= 0.6 is 0 Å². The van der Waals surface area contributed by atoms with Gasteiger partial charge in [0.2, 0.25) is 5.95 Å². The molecule has 0 atom stereocenters. The molecule has 128 valence electrons. The first-order valence-corrected chi connectivity index (χ1v) is 7.87. The van der Waals surface area contributed by atoms with Gasteiger partial charge in [0.15, 0.2) is 0 Å². The fourth-order valence-corrected chi connectivity index (χ4v) is 2.07. The Kier molecular flexibility index (Phi) is 6.51. The van der Waals surface area contributed by atoms with E-state index in [2.05, 4.69) is 15.3 Å². The second kappa shape index (κ2) is 8.83. The summed E-state index contributed by atoms with van der Waals surface area (Å²) in [6, 6.07) is 9.02. The van der Waals surface area contributed by atoms with Gasteiger partial charge in [0.25, 0.3) is 5.91 Å². The van der Waals surface area contributed by atoms with Crippen molar-refractivity contribution in [1.29, 1.82) is 0 Å². The lowest BCUT2D eigenvalue weighted by molar-refractivity contribution is 0.0951. The van der Waals surface area contributed by atoms with Gasteiger partial charge >= 0.3 is 0 Å². The number of nitrogens with one attached hydrogen (secondary N) is 1. The van der Waals surface area contributed by atoms with E-state index in [1.807, 2.05) is 38.1 Å². The van der Waals surface area contributed by atoms with Gasteiger partial charge in [-0.2, -0.15) is 0 Å². The summed E-state index contributed by atoms with van der Waals surface area (Å²) in [6.07, 6.45) is 0. The van der Waals surface area contributed by atoms with Gasteiger partial charge in [-0.05, 0) is 44.2 Å². The van der Waals surface area contributed by atoms with Crippen LogP contribution in [0.2, 0.25) is 0 Å². The summed E-state index contributed by atoms with van der Waals surface area (Å²) in [6.45, 7) is 6.02. The number of rotatable bonds is 8. The average molecular weight is 330 g/mol. The van der Waals surface area contributed by atoms with E-state index < -0.39 is 0 Å². The third-order valence-corrected chi connectivity index (χ3v) is 3.16. The zero-order valence-corrected chi connectivity index (χ0v) is 13.9. The summed E-state index contributed by atoms with van der Waals surface area (Å²) in [5.74, 6) is 0.527. The summed E-state index contributed by atoms with van der Waals surface area (Å²) in [5.41, 5.74) is 7.37. The average Bonchev–Trinajstić information content (AvgIpc) is 2.59. The van der Waals surface area contributed by atoms with Crippen LogP contribution in [0.5, 0.6) is 5.75 Å². The lowest BCUT2D eigenvalue weighted by Crippen LogP contribution is -2.24. The topological polar surface area (TPSA) is 99.4 Å². The molecule has 0 aliphatic rings. The third-order valence-electron chi connectivity index (χ3n) is 3.16. The van der Waals surface area contributed by atoms with E-state index in [4.69, 9.17) is 15.2 Å². The number of anilines is 1. The third kappa shape index (κ3) is 4.92. The predicted molar refractivity (Wildman–Crippen MR) is 91.9 cm³/mol. The van der Waals surface area contributed by atoms with Crippen LogP contribution in [0.3, 0.4) is 0 Å². The van der Waals surface area contributed by atoms with E-state index >= 15 is 0 Å². The number of nitrogens with two attached hydrogens (primary N) is 1. The molecule has 3 N–H and O–H groups in total. The van der Waals surface area contributed by atoms with Crippen LogP contribution in [-0.2, 0) is 4.74 Å². The normalized spacial score (nSPS) is 10.4. The van der Waals surface area contributed by atoms with Crippen molar-refractivity contribution in [2.45, 2.75) is 13.8 Å². The molecule has 1 amide bonds. The maximum absolute atomic E-state index is 11.9. The molecule has 0 aliphatic carbocycles. The smallest absolute Gasteiger partial charge is 0.270 e. The van der Waals surface area contributed by atoms with Crippen LogP contribution in [0.25, 0.3) is 11.3 Å². The minimum atomic E-state index is -0.274. The first-order chi connectivity index (χ1) is 11.6. The number of benzene rings is 1. The van der Waals surface area contributed by atoms with E-state index in [-0.39, 0.29) is 17.5 Å². The molecule has 7 heteroatoms. The van der Waals surface area contributed by atoms with Crippen LogP contribution in [0.4, 0.5) is 5.95 Å². The Morgan fingerprint density at radius 2 is 1.92 bits per heavy atom. The molecule has 0 saturated heterocycles. The maximum atomic E-state index is 11.9. The highest BCUT2D eigenvalue weighted by Crippen LogP contribution is 2.22. The van der Waals surface area contributed by atoms with E-state index in [1.54, 1.807) is 6.07 Å². The van der Waals surface area contributed by atoms with Crippen molar-refractivity contribution < 1.29 is 14.3 Å². The molecule has 0 fully saturated rings. The molecule has 1 aromatic carbocycles. The molecule has 0 aliphatic heterocycles. The Labute approximate surface area is 141 Å². The Hall–Kier alpha value is -2.67. The first kappa shape index (κ1) is 17.7. The molecular weight excluding hydrogens is 308 g/mol. The number of hydrogen-bond donors (Lipinski definition) is 2. The van der Waals surface area contributed by atoms with Gasteiger partial charge < -0.3 is 20.5 Å². The molecule has 2 aromatic rings. The number of nitrogens with zero attached hydrogens (tertiary/aromatic N) is 2. The number of aromatic nitrogens is 2. The number of nitrogen functional groups attached to an aromatic ring is 1. The van der Waals surface area contributed by atoms with Gasteiger partial charge in [-0.1, -0.05) is 0 Å². The molecule has 2 rings (SSSR count). The maximum Gasteiger partial charge on any atom is 0.270 e. The van der Waals surface area contributed by atoms with Gasteiger partial charge in [0.05, 0.1) is 12.3 Å². The molecule has 0 bridgehead atoms. The van der Waals surface area contributed by atoms with Crippen LogP contribution in [-0.4, -0.2) is 42.2 Å². The van der Waals surface area contributed by atoms with Crippen molar-refractivity contribution in [3.05, 3.63) is 36.0 Å². The van der Waals surface area contributed by atoms with Crippen LogP contribution < -0.4 is 15.8 Å². The summed E-state index contributed by atoms with van der Waals surface area (Å²) >= 11 is 0. The van der Waals surface area contributed by atoms with Gasteiger partial charge in [-0.15, -0.1) is 0 Å². The van der Waals surface area contributed by atoms with Crippen LogP contribution in [0, 0.1) is 0 Å². The fraction of sp³-hybridized carbons (Fsp3) is 0.353. The Balaban J connectivity index is 2.12.